The number of carboxylic acids is 1. The Balaban J connectivity index is 1.75. The number of nitrogens with zero attached hydrogens (tertiary/aromatic N) is 2. The molecular formula is C13H22N2O4. The number of hydrogen-bond donors (Lipinski definition) is 1. The van der Waals surface area contributed by atoms with Crippen molar-refractivity contribution in [2.75, 3.05) is 26.2 Å². The standard InChI is InChI=1S/C13H22N2O4/c1-13(2,3)19-12(18)15-7-10(8-15)14-5-4-9(6-14)11(16)17/h9-10H,4-8H2,1-3H3,(H,16,17)/t9-/m0/s1. The van der Waals surface area contributed by atoms with E-state index in [1.54, 1.807) is 4.90 Å². The zero-order chi connectivity index (χ0) is 14.2. The van der Waals surface area contributed by atoms with E-state index in [-0.39, 0.29) is 18.1 Å². The SMILES string of the molecule is CC(C)(C)OC(=O)N1CC(N2CC[C@H](C(=O)O)C2)C1. The van der Waals surface area contributed by atoms with Gasteiger partial charge in [-0.2, -0.15) is 0 Å². The molecule has 2 heterocycles. The van der Waals surface area contributed by atoms with Crippen molar-refractivity contribution in [1.29, 1.82) is 0 Å². The molecule has 108 valence electrons. The van der Waals surface area contributed by atoms with Gasteiger partial charge in [0.2, 0.25) is 0 Å². The quantitative estimate of drug-likeness (QED) is 0.811. The maximum atomic E-state index is 11.8. The average molecular weight is 270 g/mol. The van der Waals surface area contributed by atoms with E-state index in [0.29, 0.717) is 26.1 Å². The first-order valence-electron chi connectivity index (χ1n) is 6.71. The normalized spacial score (nSPS) is 25.2. The highest BCUT2D eigenvalue weighted by Crippen LogP contribution is 2.25. The Morgan fingerprint density at radius 1 is 1.21 bits per heavy atom. The lowest BCUT2D eigenvalue weighted by molar-refractivity contribution is -0.141. The van der Waals surface area contributed by atoms with Gasteiger partial charge in [0.05, 0.1) is 5.92 Å². The molecule has 1 amide bonds. The van der Waals surface area contributed by atoms with E-state index in [9.17, 15) is 9.59 Å². The topological polar surface area (TPSA) is 70.1 Å². The predicted molar refractivity (Wildman–Crippen MR) is 68.9 cm³/mol. The molecule has 2 fully saturated rings. The highest BCUT2D eigenvalue weighted by Gasteiger charge is 2.40. The summed E-state index contributed by atoms with van der Waals surface area (Å²) in [6.45, 7) is 8.23. The third-order valence-corrected chi connectivity index (χ3v) is 3.60. The first kappa shape index (κ1) is 14.1. The maximum Gasteiger partial charge on any atom is 0.410 e. The van der Waals surface area contributed by atoms with Gasteiger partial charge < -0.3 is 14.7 Å². The van der Waals surface area contributed by atoms with Crippen molar-refractivity contribution < 1.29 is 19.4 Å². The minimum Gasteiger partial charge on any atom is -0.481 e. The molecule has 0 spiro atoms. The van der Waals surface area contributed by atoms with Crippen molar-refractivity contribution in [2.24, 2.45) is 5.92 Å². The summed E-state index contributed by atoms with van der Waals surface area (Å²) in [6.07, 6.45) is 0.427. The third kappa shape index (κ3) is 3.37. The van der Waals surface area contributed by atoms with Crippen molar-refractivity contribution in [3.05, 3.63) is 0 Å². The molecule has 0 aromatic heterocycles. The molecule has 2 aliphatic rings. The van der Waals surface area contributed by atoms with Gasteiger partial charge in [-0.05, 0) is 33.7 Å². The van der Waals surface area contributed by atoms with E-state index in [4.69, 9.17) is 9.84 Å². The van der Waals surface area contributed by atoms with Gasteiger partial charge in [-0.15, -0.1) is 0 Å². The van der Waals surface area contributed by atoms with Crippen molar-refractivity contribution in [3.8, 4) is 0 Å². The summed E-state index contributed by atoms with van der Waals surface area (Å²) in [7, 11) is 0. The lowest BCUT2D eigenvalue weighted by atomic mass is 10.1. The highest BCUT2D eigenvalue weighted by atomic mass is 16.6. The summed E-state index contributed by atoms with van der Waals surface area (Å²) in [5, 5.41) is 8.96. The van der Waals surface area contributed by atoms with Crippen LogP contribution in [0.15, 0.2) is 0 Å². The molecule has 0 aromatic carbocycles. The second kappa shape index (κ2) is 5.00. The van der Waals surface area contributed by atoms with Crippen LogP contribution in [0, 0.1) is 5.92 Å². The van der Waals surface area contributed by atoms with E-state index in [1.165, 1.54) is 0 Å². The van der Waals surface area contributed by atoms with Crippen LogP contribution in [0.2, 0.25) is 0 Å². The van der Waals surface area contributed by atoms with Crippen LogP contribution in [0.25, 0.3) is 0 Å². The van der Waals surface area contributed by atoms with Gasteiger partial charge in [0, 0.05) is 25.7 Å². The molecule has 0 saturated carbocycles. The zero-order valence-corrected chi connectivity index (χ0v) is 11.8. The molecule has 2 saturated heterocycles. The molecule has 1 atom stereocenters. The molecule has 2 aliphatic heterocycles. The monoisotopic (exact) mass is 270 g/mol. The summed E-state index contributed by atoms with van der Waals surface area (Å²) in [5.41, 5.74) is -0.468. The molecular weight excluding hydrogens is 248 g/mol. The molecule has 1 N–H and O–H groups in total. The van der Waals surface area contributed by atoms with E-state index in [0.717, 1.165) is 6.54 Å². The van der Waals surface area contributed by atoms with E-state index in [2.05, 4.69) is 4.90 Å². The van der Waals surface area contributed by atoms with Crippen LogP contribution in [0.5, 0.6) is 0 Å². The summed E-state index contributed by atoms with van der Waals surface area (Å²) in [6, 6.07) is 0.289. The highest BCUT2D eigenvalue weighted by molar-refractivity contribution is 5.71. The maximum absolute atomic E-state index is 11.8. The first-order valence-corrected chi connectivity index (χ1v) is 6.71. The van der Waals surface area contributed by atoms with Crippen molar-refractivity contribution in [2.45, 2.75) is 38.8 Å². The Kier molecular flexibility index (Phi) is 3.71. The molecule has 0 radical (unpaired) electrons. The summed E-state index contributed by atoms with van der Waals surface area (Å²) in [4.78, 5) is 26.5. The van der Waals surface area contributed by atoms with Crippen molar-refractivity contribution >= 4 is 12.1 Å². The molecule has 0 aliphatic carbocycles. The average Bonchev–Trinajstić information content (AvgIpc) is 2.61. The van der Waals surface area contributed by atoms with Gasteiger partial charge in [0.1, 0.15) is 5.60 Å². The van der Waals surface area contributed by atoms with Crippen molar-refractivity contribution in [3.63, 3.8) is 0 Å². The number of ether oxygens (including phenoxy) is 1. The number of rotatable bonds is 2. The fraction of sp³-hybridized carbons (Fsp3) is 0.846. The van der Waals surface area contributed by atoms with Crippen LogP contribution in [0.1, 0.15) is 27.2 Å². The first-order chi connectivity index (χ1) is 8.76. The van der Waals surface area contributed by atoms with Crippen molar-refractivity contribution in [1.82, 2.24) is 9.80 Å². The molecule has 0 aromatic rings. The number of amides is 1. The number of likely N-dealkylation sites (tertiary alicyclic amines) is 2. The number of aliphatic carboxylic acids is 1. The summed E-state index contributed by atoms with van der Waals surface area (Å²) in [5.74, 6) is -0.971. The number of carbonyl (C=O) groups excluding carboxylic acids is 1. The van der Waals surface area contributed by atoms with Crippen LogP contribution in [0.4, 0.5) is 4.79 Å². The fourth-order valence-electron chi connectivity index (χ4n) is 2.48. The van der Waals surface area contributed by atoms with Gasteiger partial charge in [-0.3, -0.25) is 9.69 Å². The Hall–Kier alpha value is -1.30. The van der Waals surface area contributed by atoms with Crippen LogP contribution in [-0.4, -0.2) is 64.8 Å². The Labute approximate surface area is 113 Å². The lowest BCUT2D eigenvalue weighted by Gasteiger charge is -2.44. The van der Waals surface area contributed by atoms with Crippen LogP contribution in [-0.2, 0) is 9.53 Å². The molecule has 6 heteroatoms. The number of carboxylic acid groups (broad SMARTS) is 1. The van der Waals surface area contributed by atoms with E-state index >= 15 is 0 Å². The van der Waals surface area contributed by atoms with Gasteiger partial charge in [-0.1, -0.05) is 0 Å². The number of carbonyl (C=O) groups is 2. The summed E-state index contributed by atoms with van der Waals surface area (Å²) >= 11 is 0. The van der Waals surface area contributed by atoms with Gasteiger partial charge in [-0.25, -0.2) is 4.79 Å². The second-order valence-corrected chi connectivity index (χ2v) is 6.36. The van der Waals surface area contributed by atoms with Crippen LogP contribution >= 0.6 is 0 Å². The van der Waals surface area contributed by atoms with E-state index in [1.807, 2.05) is 20.8 Å². The largest absolute Gasteiger partial charge is 0.481 e. The molecule has 0 bridgehead atoms. The van der Waals surface area contributed by atoms with Crippen LogP contribution < -0.4 is 0 Å². The minimum atomic E-state index is -0.717. The Morgan fingerprint density at radius 2 is 1.84 bits per heavy atom. The lowest BCUT2D eigenvalue weighted by Crippen LogP contribution is -2.61. The third-order valence-electron chi connectivity index (χ3n) is 3.60. The zero-order valence-electron chi connectivity index (χ0n) is 11.8. The van der Waals surface area contributed by atoms with E-state index < -0.39 is 11.6 Å². The predicted octanol–water partition coefficient (Wildman–Crippen LogP) is 1.01. The molecule has 2 rings (SSSR count). The Bertz CT molecular complexity index is 371. The molecule has 19 heavy (non-hydrogen) atoms. The minimum absolute atomic E-state index is 0.254. The summed E-state index contributed by atoms with van der Waals surface area (Å²) < 4.78 is 5.29. The molecule has 0 unspecified atom stereocenters. The fourth-order valence-corrected chi connectivity index (χ4v) is 2.48. The molecule has 6 nitrogen and oxygen atoms in total. The Morgan fingerprint density at radius 3 is 2.32 bits per heavy atom. The van der Waals surface area contributed by atoms with Gasteiger partial charge in [0.25, 0.3) is 0 Å². The van der Waals surface area contributed by atoms with Crippen LogP contribution in [0.3, 0.4) is 0 Å². The number of hydrogen-bond acceptors (Lipinski definition) is 4. The smallest absolute Gasteiger partial charge is 0.410 e. The van der Waals surface area contributed by atoms with Gasteiger partial charge >= 0.3 is 12.1 Å². The van der Waals surface area contributed by atoms with Gasteiger partial charge in [0.15, 0.2) is 0 Å². The second-order valence-electron chi connectivity index (χ2n) is 6.36.